The van der Waals surface area contributed by atoms with Crippen LogP contribution in [0.5, 0.6) is 5.75 Å². The summed E-state index contributed by atoms with van der Waals surface area (Å²) < 4.78 is 43.2. The topological polar surface area (TPSA) is 81.7 Å². The first kappa shape index (κ1) is 25.2. The lowest BCUT2D eigenvalue weighted by molar-refractivity contribution is -0.261. The Morgan fingerprint density at radius 2 is 1.64 bits per heavy atom. The van der Waals surface area contributed by atoms with Crippen LogP contribution in [0.3, 0.4) is 0 Å². The van der Waals surface area contributed by atoms with E-state index in [9.17, 15) is 4.79 Å². The highest BCUT2D eigenvalue weighted by atomic mass is 35.5. The van der Waals surface area contributed by atoms with Crippen LogP contribution in [0.2, 0.25) is 10.0 Å². The SMILES string of the molecule is O=C(COc1ccc(Cl)cc1Cl)O[C@H]1[C@@H]2OC3(CCCCC3)O[C@H]2O[C@H]1[C@@H]1COC2(CCCCC2)O1. The van der Waals surface area contributed by atoms with Crippen molar-refractivity contribution in [3.05, 3.63) is 28.2 Å². The molecule has 6 rings (SSSR count). The molecule has 5 aliphatic rings. The third-order valence-electron chi connectivity index (χ3n) is 7.87. The van der Waals surface area contributed by atoms with Gasteiger partial charge in [0.1, 0.15) is 18.0 Å². The second-order valence-corrected chi connectivity index (χ2v) is 11.2. The molecule has 3 saturated heterocycles. The third-order valence-corrected chi connectivity index (χ3v) is 8.40. The molecule has 2 spiro atoms. The van der Waals surface area contributed by atoms with Crippen molar-refractivity contribution in [3.63, 3.8) is 0 Å². The zero-order chi connectivity index (χ0) is 24.8. The van der Waals surface area contributed by atoms with Gasteiger partial charge in [0.15, 0.2) is 36.7 Å². The molecule has 0 bridgehead atoms. The first-order valence-electron chi connectivity index (χ1n) is 13.0. The van der Waals surface area contributed by atoms with E-state index in [0.29, 0.717) is 22.4 Å². The first-order chi connectivity index (χ1) is 17.4. The Bertz CT molecular complexity index is 961. The Morgan fingerprint density at radius 1 is 0.917 bits per heavy atom. The number of hydrogen-bond acceptors (Lipinski definition) is 8. The summed E-state index contributed by atoms with van der Waals surface area (Å²) in [6, 6.07) is 4.82. The van der Waals surface area contributed by atoms with E-state index < -0.39 is 42.1 Å². The minimum atomic E-state index is -0.708. The molecule has 1 aromatic carbocycles. The number of fused-ring (bicyclic) bond motifs is 1. The molecule has 2 saturated carbocycles. The molecule has 36 heavy (non-hydrogen) atoms. The van der Waals surface area contributed by atoms with Crippen LogP contribution in [0.25, 0.3) is 0 Å². The highest BCUT2D eigenvalue weighted by Crippen LogP contribution is 2.48. The smallest absolute Gasteiger partial charge is 0.344 e. The summed E-state index contributed by atoms with van der Waals surface area (Å²) in [5, 5.41) is 0.801. The summed E-state index contributed by atoms with van der Waals surface area (Å²) in [6.45, 7) is 0.0557. The van der Waals surface area contributed by atoms with E-state index in [1.807, 2.05) is 0 Å². The van der Waals surface area contributed by atoms with E-state index >= 15 is 0 Å². The van der Waals surface area contributed by atoms with E-state index in [4.69, 9.17) is 56.4 Å². The Labute approximate surface area is 220 Å². The fourth-order valence-corrected chi connectivity index (χ4v) is 6.59. The van der Waals surface area contributed by atoms with Crippen molar-refractivity contribution in [1.29, 1.82) is 0 Å². The minimum Gasteiger partial charge on any atom is -0.480 e. The molecule has 0 unspecified atom stereocenters. The summed E-state index contributed by atoms with van der Waals surface area (Å²) in [7, 11) is 0. The Hall–Kier alpha value is -1.13. The molecule has 1 aromatic rings. The number of hydrogen-bond donors (Lipinski definition) is 0. The van der Waals surface area contributed by atoms with Crippen LogP contribution in [0.4, 0.5) is 0 Å². The fourth-order valence-electron chi connectivity index (χ4n) is 6.12. The predicted molar refractivity (Wildman–Crippen MR) is 129 cm³/mol. The molecule has 0 N–H and O–H groups in total. The maximum absolute atomic E-state index is 12.9. The standard InChI is InChI=1S/C26H32Cl2O8/c27-16-7-8-18(17(28)13-16)30-15-20(29)32-22-21(19-14-31-25(34-19)9-3-1-4-10-25)33-24-23(22)35-26(36-24)11-5-2-6-12-26/h7-8,13,19,21-24H,1-6,9-12,14-15H2/t19-,21-,22+,23-,24+/m0/s1. The van der Waals surface area contributed by atoms with E-state index in [-0.39, 0.29) is 12.7 Å². The van der Waals surface area contributed by atoms with Crippen LogP contribution in [0.1, 0.15) is 64.2 Å². The normalized spacial score (nSPS) is 34.7. The van der Waals surface area contributed by atoms with E-state index in [1.54, 1.807) is 18.2 Å². The van der Waals surface area contributed by atoms with Crippen LogP contribution < -0.4 is 4.74 Å². The number of benzene rings is 1. The van der Waals surface area contributed by atoms with Crippen molar-refractivity contribution >= 4 is 29.2 Å². The molecular weight excluding hydrogens is 511 g/mol. The second kappa shape index (κ2) is 10.2. The van der Waals surface area contributed by atoms with Crippen molar-refractivity contribution in [2.45, 2.75) is 106 Å². The number of halogens is 2. The first-order valence-corrected chi connectivity index (χ1v) is 13.8. The fraction of sp³-hybridized carbons (Fsp3) is 0.731. The largest absolute Gasteiger partial charge is 0.480 e. The third kappa shape index (κ3) is 4.98. The second-order valence-electron chi connectivity index (χ2n) is 10.4. The van der Waals surface area contributed by atoms with Crippen LogP contribution >= 0.6 is 23.2 Å². The number of esters is 1. The Balaban J connectivity index is 1.16. The highest BCUT2D eigenvalue weighted by Gasteiger charge is 2.62. The van der Waals surface area contributed by atoms with Gasteiger partial charge in [-0.3, -0.25) is 0 Å². The average molecular weight is 543 g/mol. The monoisotopic (exact) mass is 542 g/mol. The van der Waals surface area contributed by atoms with Gasteiger partial charge in [-0.1, -0.05) is 36.0 Å². The van der Waals surface area contributed by atoms with Gasteiger partial charge in [-0.2, -0.15) is 0 Å². The minimum absolute atomic E-state index is 0.318. The average Bonchev–Trinajstić information content (AvgIpc) is 3.52. The lowest BCUT2D eigenvalue weighted by atomic mass is 9.94. The summed E-state index contributed by atoms with van der Waals surface area (Å²) in [5.74, 6) is -1.45. The summed E-state index contributed by atoms with van der Waals surface area (Å²) in [6.07, 6.45) is 7.07. The van der Waals surface area contributed by atoms with E-state index in [0.717, 1.165) is 57.8 Å². The molecular formula is C26H32Cl2O8. The van der Waals surface area contributed by atoms with E-state index in [2.05, 4.69) is 0 Å². The quantitative estimate of drug-likeness (QED) is 0.472. The Kier molecular flexibility index (Phi) is 7.14. The molecule has 5 fully saturated rings. The van der Waals surface area contributed by atoms with Crippen molar-refractivity contribution < 1.29 is 38.0 Å². The maximum Gasteiger partial charge on any atom is 0.344 e. The highest BCUT2D eigenvalue weighted by molar-refractivity contribution is 6.35. The number of rotatable bonds is 5. The van der Waals surface area contributed by atoms with Gasteiger partial charge in [-0.15, -0.1) is 0 Å². The summed E-state index contributed by atoms with van der Waals surface area (Å²) in [4.78, 5) is 12.9. The lowest BCUT2D eigenvalue weighted by Gasteiger charge is -2.35. The zero-order valence-corrected chi connectivity index (χ0v) is 21.6. The van der Waals surface area contributed by atoms with Crippen molar-refractivity contribution in [2.24, 2.45) is 0 Å². The molecule has 198 valence electrons. The van der Waals surface area contributed by atoms with Gasteiger partial charge < -0.3 is 33.2 Å². The van der Waals surface area contributed by atoms with Gasteiger partial charge in [0.25, 0.3) is 0 Å². The Morgan fingerprint density at radius 3 is 2.36 bits per heavy atom. The molecule has 0 aromatic heterocycles. The molecule has 8 nitrogen and oxygen atoms in total. The van der Waals surface area contributed by atoms with Crippen LogP contribution in [0.15, 0.2) is 18.2 Å². The van der Waals surface area contributed by atoms with E-state index in [1.165, 1.54) is 6.42 Å². The van der Waals surface area contributed by atoms with Gasteiger partial charge >= 0.3 is 5.97 Å². The molecule has 0 amide bonds. The zero-order valence-electron chi connectivity index (χ0n) is 20.1. The van der Waals surface area contributed by atoms with Crippen molar-refractivity contribution in [2.75, 3.05) is 13.2 Å². The van der Waals surface area contributed by atoms with Gasteiger partial charge in [0, 0.05) is 30.7 Å². The van der Waals surface area contributed by atoms with Crippen LogP contribution in [-0.2, 0) is 33.2 Å². The van der Waals surface area contributed by atoms with Gasteiger partial charge in [-0.25, -0.2) is 4.79 Å². The molecule has 0 radical (unpaired) electrons. The molecule has 2 aliphatic carbocycles. The number of carbonyl (C=O) groups excluding carboxylic acids is 1. The number of ether oxygens (including phenoxy) is 7. The van der Waals surface area contributed by atoms with Crippen LogP contribution in [0, 0.1) is 0 Å². The molecule has 3 aliphatic heterocycles. The maximum atomic E-state index is 12.9. The van der Waals surface area contributed by atoms with Crippen molar-refractivity contribution in [1.82, 2.24) is 0 Å². The predicted octanol–water partition coefficient (Wildman–Crippen LogP) is 5.16. The summed E-state index contributed by atoms with van der Waals surface area (Å²) >= 11 is 12.1. The lowest BCUT2D eigenvalue weighted by Crippen LogP contribution is -2.47. The molecule has 5 atom stereocenters. The van der Waals surface area contributed by atoms with Crippen molar-refractivity contribution in [3.8, 4) is 5.75 Å². The van der Waals surface area contributed by atoms with Gasteiger partial charge in [0.05, 0.1) is 11.6 Å². The van der Waals surface area contributed by atoms with Gasteiger partial charge in [-0.05, 0) is 43.9 Å². The molecule has 10 heteroatoms. The summed E-state index contributed by atoms with van der Waals surface area (Å²) in [5.41, 5.74) is 0. The number of carbonyl (C=O) groups is 1. The van der Waals surface area contributed by atoms with Crippen LogP contribution in [-0.4, -0.2) is 61.5 Å². The van der Waals surface area contributed by atoms with Gasteiger partial charge in [0.2, 0.25) is 0 Å². The molecule has 3 heterocycles.